The van der Waals surface area contributed by atoms with Gasteiger partial charge in [-0.1, -0.05) is 29.8 Å². The first-order valence-corrected chi connectivity index (χ1v) is 9.60. The molecule has 0 radical (unpaired) electrons. The maximum absolute atomic E-state index is 5.02. The molecule has 1 fully saturated rings. The molecule has 2 aromatic heterocycles. The van der Waals surface area contributed by atoms with Crippen molar-refractivity contribution in [1.82, 2.24) is 19.6 Å². The van der Waals surface area contributed by atoms with E-state index in [1.54, 1.807) is 0 Å². The summed E-state index contributed by atoms with van der Waals surface area (Å²) in [6.07, 6.45) is 3.43. The number of rotatable bonds is 3. The van der Waals surface area contributed by atoms with E-state index in [4.69, 9.17) is 4.98 Å². The van der Waals surface area contributed by atoms with E-state index in [9.17, 15) is 0 Å². The van der Waals surface area contributed by atoms with Crippen molar-refractivity contribution in [2.24, 2.45) is 0 Å². The molecule has 0 bridgehead atoms. The largest absolute Gasteiger partial charge is 0.315 e. The highest BCUT2D eigenvalue weighted by atomic mass is 15.2. The monoisotopic (exact) mass is 348 g/mol. The lowest BCUT2D eigenvalue weighted by Gasteiger charge is -2.20. The summed E-state index contributed by atoms with van der Waals surface area (Å²) in [4.78, 5) is 7.58. The van der Waals surface area contributed by atoms with Gasteiger partial charge in [-0.05, 0) is 57.5 Å². The van der Waals surface area contributed by atoms with E-state index in [-0.39, 0.29) is 0 Å². The fourth-order valence-corrected chi connectivity index (χ4v) is 3.92. The van der Waals surface area contributed by atoms with Crippen LogP contribution in [0, 0.1) is 20.8 Å². The molecular weight excluding hydrogens is 320 g/mol. The zero-order valence-corrected chi connectivity index (χ0v) is 16.0. The van der Waals surface area contributed by atoms with Crippen molar-refractivity contribution in [1.29, 1.82) is 0 Å². The van der Waals surface area contributed by atoms with Gasteiger partial charge >= 0.3 is 0 Å². The highest BCUT2D eigenvalue weighted by molar-refractivity contribution is 5.70. The molecule has 1 aliphatic rings. The van der Waals surface area contributed by atoms with Gasteiger partial charge in [0, 0.05) is 31.4 Å². The molecule has 136 valence electrons. The lowest BCUT2D eigenvalue weighted by atomic mass is 10.0. The Morgan fingerprint density at radius 2 is 1.85 bits per heavy atom. The number of nitrogens with one attached hydrogen (secondary N) is 1. The van der Waals surface area contributed by atoms with Crippen LogP contribution >= 0.6 is 0 Å². The Kier molecular flexibility index (Phi) is 4.79. The highest BCUT2D eigenvalue weighted by Crippen LogP contribution is 2.29. The summed E-state index contributed by atoms with van der Waals surface area (Å²) in [7, 11) is 0. The molecular formula is C22H28N4. The average Bonchev–Trinajstić information content (AvgIpc) is 2.79. The smallest absolute Gasteiger partial charge is 0.137 e. The van der Waals surface area contributed by atoms with Crippen LogP contribution in [0.1, 0.15) is 28.8 Å². The quantitative estimate of drug-likeness (QED) is 0.783. The second kappa shape index (κ2) is 7.22. The molecule has 0 aliphatic carbocycles. The van der Waals surface area contributed by atoms with Crippen LogP contribution in [-0.2, 0) is 6.54 Å². The van der Waals surface area contributed by atoms with Gasteiger partial charge in [-0.25, -0.2) is 4.98 Å². The van der Waals surface area contributed by atoms with Gasteiger partial charge in [0.05, 0.1) is 11.4 Å². The molecule has 4 heteroatoms. The molecule has 1 aliphatic heterocycles. The topological polar surface area (TPSA) is 32.6 Å². The molecule has 3 heterocycles. The molecule has 26 heavy (non-hydrogen) atoms. The first-order valence-electron chi connectivity index (χ1n) is 9.60. The third-order valence-electron chi connectivity index (χ3n) is 5.31. The van der Waals surface area contributed by atoms with Gasteiger partial charge in [0.25, 0.3) is 0 Å². The predicted molar refractivity (Wildman–Crippen MR) is 108 cm³/mol. The zero-order chi connectivity index (χ0) is 18.1. The molecule has 4 rings (SSSR count). The Balaban J connectivity index is 1.83. The third-order valence-corrected chi connectivity index (χ3v) is 5.31. The van der Waals surface area contributed by atoms with Crippen LogP contribution in [-0.4, -0.2) is 40.5 Å². The average molecular weight is 348 g/mol. The van der Waals surface area contributed by atoms with Crippen LogP contribution in [0.15, 0.2) is 36.5 Å². The summed E-state index contributed by atoms with van der Waals surface area (Å²) in [5.41, 5.74) is 8.58. The van der Waals surface area contributed by atoms with Crippen molar-refractivity contribution < 1.29 is 0 Å². The predicted octanol–water partition coefficient (Wildman–Crippen LogP) is 3.72. The number of nitrogens with zero attached hydrogens (tertiary/aromatic N) is 3. The minimum Gasteiger partial charge on any atom is -0.315 e. The molecule has 0 unspecified atom stereocenters. The lowest BCUT2D eigenvalue weighted by Crippen LogP contribution is -2.28. The van der Waals surface area contributed by atoms with Gasteiger partial charge in [0.2, 0.25) is 0 Å². The summed E-state index contributed by atoms with van der Waals surface area (Å²) in [5, 5.41) is 3.50. The van der Waals surface area contributed by atoms with E-state index in [1.165, 1.54) is 34.4 Å². The van der Waals surface area contributed by atoms with Gasteiger partial charge in [0.15, 0.2) is 0 Å². The van der Waals surface area contributed by atoms with E-state index in [0.717, 1.165) is 44.1 Å². The van der Waals surface area contributed by atoms with Crippen LogP contribution < -0.4 is 5.32 Å². The summed E-state index contributed by atoms with van der Waals surface area (Å²) in [5.74, 6) is 0. The maximum Gasteiger partial charge on any atom is 0.137 e. The Hall–Kier alpha value is -2.17. The first kappa shape index (κ1) is 17.3. The number of hydrogen-bond acceptors (Lipinski definition) is 3. The Bertz CT molecular complexity index is 917. The SMILES string of the molecule is Cc1ccc(-c2nc3ccc(C)cn3c2CN2CCCNCC2)c(C)c1. The van der Waals surface area contributed by atoms with E-state index < -0.39 is 0 Å². The molecule has 3 aromatic rings. The number of hydrogen-bond donors (Lipinski definition) is 1. The standard InChI is InChI=1S/C22H28N4/c1-16-5-7-19(18(3)13-16)22-20(15-25-11-4-9-23-10-12-25)26-14-17(2)6-8-21(26)24-22/h5-8,13-14,23H,4,9-12,15H2,1-3H3. The van der Waals surface area contributed by atoms with Crippen molar-refractivity contribution in [2.75, 3.05) is 26.2 Å². The number of imidazole rings is 1. The number of aryl methyl sites for hydroxylation is 3. The van der Waals surface area contributed by atoms with E-state index in [1.807, 2.05) is 0 Å². The Morgan fingerprint density at radius 1 is 1.00 bits per heavy atom. The minimum atomic E-state index is 0.939. The van der Waals surface area contributed by atoms with Crippen molar-refractivity contribution >= 4 is 5.65 Å². The second-order valence-electron chi connectivity index (χ2n) is 7.54. The number of fused-ring (bicyclic) bond motifs is 1. The van der Waals surface area contributed by atoms with Crippen LogP contribution in [0.3, 0.4) is 0 Å². The van der Waals surface area contributed by atoms with Crippen LogP contribution in [0.2, 0.25) is 0 Å². The summed E-state index contributed by atoms with van der Waals surface area (Å²) in [6.45, 7) is 11.8. The summed E-state index contributed by atoms with van der Waals surface area (Å²) in [6, 6.07) is 11.0. The molecule has 0 amide bonds. The number of aromatic nitrogens is 2. The molecule has 1 saturated heterocycles. The fourth-order valence-electron chi connectivity index (χ4n) is 3.92. The summed E-state index contributed by atoms with van der Waals surface area (Å²) < 4.78 is 2.29. The van der Waals surface area contributed by atoms with Gasteiger partial charge in [-0.3, -0.25) is 4.90 Å². The van der Waals surface area contributed by atoms with E-state index >= 15 is 0 Å². The lowest BCUT2D eigenvalue weighted by molar-refractivity contribution is 0.281. The number of pyridine rings is 1. The van der Waals surface area contributed by atoms with Crippen LogP contribution in [0.4, 0.5) is 0 Å². The van der Waals surface area contributed by atoms with Crippen LogP contribution in [0.5, 0.6) is 0 Å². The van der Waals surface area contributed by atoms with Crippen molar-refractivity contribution in [3.8, 4) is 11.3 Å². The minimum absolute atomic E-state index is 0.939. The molecule has 0 spiro atoms. The highest BCUT2D eigenvalue weighted by Gasteiger charge is 2.19. The van der Waals surface area contributed by atoms with Crippen molar-refractivity contribution in [3.63, 3.8) is 0 Å². The van der Waals surface area contributed by atoms with Gasteiger partial charge in [0.1, 0.15) is 5.65 Å². The Labute approximate surface area is 155 Å². The van der Waals surface area contributed by atoms with E-state index in [2.05, 4.69) is 71.9 Å². The normalized spacial score (nSPS) is 16.1. The molecule has 0 saturated carbocycles. The van der Waals surface area contributed by atoms with Crippen LogP contribution in [0.25, 0.3) is 16.9 Å². The zero-order valence-electron chi connectivity index (χ0n) is 16.0. The Morgan fingerprint density at radius 3 is 2.69 bits per heavy atom. The van der Waals surface area contributed by atoms with Gasteiger partial charge < -0.3 is 9.72 Å². The molecule has 0 atom stereocenters. The van der Waals surface area contributed by atoms with Crippen molar-refractivity contribution in [3.05, 3.63) is 58.9 Å². The maximum atomic E-state index is 5.02. The molecule has 1 N–H and O–H groups in total. The van der Waals surface area contributed by atoms with E-state index in [0.29, 0.717) is 0 Å². The molecule has 1 aromatic carbocycles. The van der Waals surface area contributed by atoms with Crippen molar-refractivity contribution in [2.45, 2.75) is 33.7 Å². The van der Waals surface area contributed by atoms with Gasteiger partial charge in [-0.2, -0.15) is 0 Å². The van der Waals surface area contributed by atoms with Gasteiger partial charge in [-0.15, -0.1) is 0 Å². The molecule has 4 nitrogen and oxygen atoms in total. The summed E-state index contributed by atoms with van der Waals surface area (Å²) >= 11 is 0. The fraction of sp³-hybridized carbons (Fsp3) is 0.409. The third kappa shape index (κ3) is 3.39. The second-order valence-corrected chi connectivity index (χ2v) is 7.54. The number of benzene rings is 1. The first-order chi connectivity index (χ1) is 12.6.